The van der Waals surface area contributed by atoms with Crippen LogP contribution in [-0.4, -0.2) is 55.5 Å². The molecule has 0 aromatic heterocycles. The van der Waals surface area contributed by atoms with Gasteiger partial charge in [-0.1, -0.05) is 0 Å². The van der Waals surface area contributed by atoms with E-state index in [1.54, 1.807) is 4.90 Å². The summed E-state index contributed by atoms with van der Waals surface area (Å²) >= 11 is 0. The van der Waals surface area contributed by atoms with Crippen molar-refractivity contribution in [3.63, 3.8) is 0 Å². The Balaban J connectivity index is 1.83. The Morgan fingerprint density at radius 1 is 1.29 bits per heavy atom. The van der Waals surface area contributed by atoms with Gasteiger partial charge >= 0.3 is 0 Å². The van der Waals surface area contributed by atoms with Crippen LogP contribution in [0.3, 0.4) is 0 Å². The van der Waals surface area contributed by atoms with E-state index in [0.29, 0.717) is 12.0 Å². The van der Waals surface area contributed by atoms with Gasteiger partial charge in [0.05, 0.1) is 17.8 Å². The number of likely N-dealkylation sites (tertiary alicyclic amines) is 1. The molecule has 1 saturated carbocycles. The van der Waals surface area contributed by atoms with E-state index in [0.717, 1.165) is 43.7 Å². The number of carbonyl (C=O) groups is 1. The number of benzene rings is 1. The zero-order valence-corrected chi connectivity index (χ0v) is 15.2. The Bertz CT molecular complexity index is 625. The molecule has 1 aromatic rings. The van der Waals surface area contributed by atoms with Crippen molar-refractivity contribution in [2.45, 2.75) is 50.7 Å². The second kappa shape index (κ2) is 6.63. The van der Waals surface area contributed by atoms with Gasteiger partial charge < -0.3 is 15.4 Å². The van der Waals surface area contributed by atoms with Gasteiger partial charge in [-0.05, 0) is 75.4 Å². The molecule has 1 saturated heterocycles. The smallest absolute Gasteiger partial charge is 0.239 e. The van der Waals surface area contributed by atoms with Crippen LogP contribution in [0.25, 0.3) is 0 Å². The molecule has 1 heterocycles. The summed E-state index contributed by atoms with van der Waals surface area (Å²) in [4.78, 5) is 16.4. The highest BCUT2D eigenvalue weighted by molar-refractivity contribution is 5.81. The Morgan fingerprint density at radius 3 is 2.62 bits per heavy atom. The first-order valence-corrected chi connectivity index (χ1v) is 8.85. The third-order valence-electron chi connectivity index (χ3n) is 5.25. The minimum absolute atomic E-state index is 0.0523. The molecule has 0 radical (unpaired) electrons. The van der Waals surface area contributed by atoms with Crippen LogP contribution in [-0.2, 0) is 4.79 Å². The summed E-state index contributed by atoms with van der Waals surface area (Å²) < 4.78 is 5.97. The number of nitrogens with two attached hydrogens (primary N) is 1. The van der Waals surface area contributed by atoms with Gasteiger partial charge in [0, 0.05) is 14.1 Å². The number of anilines is 1. The highest BCUT2D eigenvalue weighted by atomic mass is 16.5. The lowest BCUT2D eigenvalue weighted by atomic mass is 9.83. The first-order valence-electron chi connectivity index (χ1n) is 8.85. The molecule has 2 aliphatic rings. The van der Waals surface area contributed by atoms with Crippen LogP contribution in [0, 0.1) is 6.92 Å². The summed E-state index contributed by atoms with van der Waals surface area (Å²) in [6, 6.07) is 4.09. The second-order valence-corrected chi connectivity index (χ2v) is 7.51. The number of nitrogens with zero attached hydrogens (tertiary/aromatic N) is 2. The van der Waals surface area contributed by atoms with Crippen molar-refractivity contribution in [1.82, 2.24) is 9.80 Å². The molecule has 0 bridgehead atoms. The second-order valence-electron chi connectivity index (χ2n) is 7.51. The van der Waals surface area contributed by atoms with Crippen LogP contribution in [0.15, 0.2) is 12.1 Å². The van der Waals surface area contributed by atoms with Crippen LogP contribution >= 0.6 is 0 Å². The normalized spacial score (nSPS) is 24.7. The predicted molar refractivity (Wildman–Crippen MR) is 96.3 cm³/mol. The number of likely N-dealkylation sites (N-methyl/N-ethyl adjacent to an activating group) is 2. The number of aryl methyl sites for hydroxylation is 1. The summed E-state index contributed by atoms with van der Waals surface area (Å²) in [5, 5.41) is 0. The molecular weight excluding hydrogens is 302 g/mol. The Morgan fingerprint density at radius 2 is 2.00 bits per heavy atom. The molecule has 1 aliphatic heterocycles. The van der Waals surface area contributed by atoms with E-state index < -0.39 is 0 Å². The van der Waals surface area contributed by atoms with E-state index in [1.165, 1.54) is 11.1 Å². The van der Waals surface area contributed by atoms with Gasteiger partial charge in [0.1, 0.15) is 5.75 Å². The van der Waals surface area contributed by atoms with E-state index in [1.807, 2.05) is 27.2 Å². The fraction of sp³-hybridized carbons (Fsp3) is 0.632. The predicted octanol–water partition coefficient (Wildman–Crippen LogP) is 2.38. The van der Waals surface area contributed by atoms with E-state index in [9.17, 15) is 4.79 Å². The standard InChI is InChI=1S/C19H29N3O2/c1-12-9-16(20)18(24-14-5-6-14)11-15(12)13-7-8-22(4)17(10-13)19(23)21(2)3/h9,11,13-14,17H,5-8,10,20H2,1-4H3. The van der Waals surface area contributed by atoms with Gasteiger partial charge in [-0.15, -0.1) is 0 Å². The van der Waals surface area contributed by atoms with E-state index >= 15 is 0 Å². The average Bonchev–Trinajstić information content (AvgIpc) is 3.34. The van der Waals surface area contributed by atoms with Gasteiger partial charge in [-0.25, -0.2) is 0 Å². The number of carbonyl (C=O) groups excluding carboxylic acids is 1. The van der Waals surface area contributed by atoms with Gasteiger partial charge in [0.25, 0.3) is 0 Å². The van der Waals surface area contributed by atoms with Gasteiger partial charge in [0.15, 0.2) is 0 Å². The molecule has 5 nitrogen and oxygen atoms in total. The minimum atomic E-state index is -0.0523. The average molecular weight is 331 g/mol. The Labute approximate surface area is 144 Å². The van der Waals surface area contributed by atoms with E-state index in [4.69, 9.17) is 10.5 Å². The van der Waals surface area contributed by atoms with Crippen LogP contribution in [0.4, 0.5) is 5.69 Å². The first-order chi connectivity index (χ1) is 11.4. The topological polar surface area (TPSA) is 58.8 Å². The largest absolute Gasteiger partial charge is 0.488 e. The molecule has 2 unspecified atom stereocenters. The van der Waals surface area contributed by atoms with E-state index in [2.05, 4.69) is 17.9 Å². The molecule has 1 aromatic carbocycles. The maximum Gasteiger partial charge on any atom is 0.239 e. The van der Waals surface area contributed by atoms with E-state index in [-0.39, 0.29) is 11.9 Å². The highest BCUT2D eigenvalue weighted by Gasteiger charge is 2.34. The van der Waals surface area contributed by atoms with Crippen LogP contribution in [0.5, 0.6) is 5.75 Å². The summed E-state index contributed by atoms with van der Waals surface area (Å²) in [7, 11) is 5.70. The third-order valence-corrected chi connectivity index (χ3v) is 5.25. The number of rotatable bonds is 4. The lowest BCUT2D eigenvalue weighted by Crippen LogP contribution is -2.48. The fourth-order valence-corrected chi connectivity index (χ4v) is 3.59. The molecule has 2 fully saturated rings. The summed E-state index contributed by atoms with van der Waals surface area (Å²) in [5.41, 5.74) is 9.34. The molecule has 1 aliphatic carbocycles. The van der Waals surface area contributed by atoms with Gasteiger partial charge in [-0.2, -0.15) is 0 Å². The zero-order valence-electron chi connectivity index (χ0n) is 15.2. The van der Waals surface area contributed by atoms with Crippen molar-refractivity contribution < 1.29 is 9.53 Å². The number of nitrogen functional groups attached to an aromatic ring is 1. The maximum absolute atomic E-state index is 12.5. The fourth-order valence-electron chi connectivity index (χ4n) is 3.59. The molecular formula is C19H29N3O2. The number of ether oxygens (including phenoxy) is 1. The van der Waals surface area contributed by atoms with Gasteiger partial charge in [-0.3, -0.25) is 9.69 Å². The van der Waals surface area contributed by atoms with Crippen molar-refractivity contribution in [2.75, 3.05) is 33.4 Å². The number of hydrogen-bond acceptors (Lipinski definition) is 4. The molecule has 3 rings (SSSR count). The molecule has 24 heavy (non-hydrogen) atoms. The lowest BCUT2D eigenvalue weighted by molar-refractivity contribution is -0.135. The van der Waals surface area contributed by atoms with Crippen LogP contribution < -0.4 is 10.5 Å². The summed E-state index contributed by atoms with van der Waals surface area (Å²) in [6.07, 6.45) is 4.48. The molecule has 1 amide bonds. The Kier molecular flexibility index (Phi) is 4.72. The zero-order chi connectivity index (χ0) is 17.4. The molecule has 2 atom stereocenters. The summed E-state index contributed by atoms with van der Waals surface area (Å²) in [6.45, 7) is 3.03. The van der Waals surface area contributed by atoms with Gasteiger partial charge in [0.2, 0.25) is 5.91 Å². The first kappa shape index (κ1) is 17.1. The maximum atomic E-state index is 12.5. The molecule has 132 valence electrons. The molecule has 5 heteroatoms. The number of hydrogen-bond donors (Lipinski definition) is 1. The monoisotopic (exact) mass is 331 g/mol. The SMILES string of the molecule is Cc1cc(N)c(OC2CC2)cc1C1CCN(C)C(C(=O)N(C)C)C1. The molecule has 0 spiro atoms. The Hall–Kier alpha value is -1.75. The summed E-state index contributed by atoms with van der Waals surface area (Å²) in [5.74, 6) is 1.37. The van der Waals surface area contributed by atoms with Crippen molar-refractivity contribution in [3.05, 3.63) is 23.3 Å². The molecule has 2 N–H and O–H groups in total. The van der Waals surface area contributed by atoms with Crippen molar-refractivity contribution in [1.29, 1.82) is 0 Å². The lowest BCUT2D eigenvalue weighted by Gasteiger charge is -2.38. The van der Waals surface area contributed by atoms with Crippen LogP contribution in [0.2, 0.25) is 0 Å². The van der Waals surface area contributed by atoms with Crippen molar-refractivity contribution in [2.24, 2.45) is 0 Å². The highest BCUT2D eigenvalue weighted by Crippen LogP contribution is 2.39. The van der Waals surface area contributed by atoms with Crippen molar-refractivity contribution >= 4 is 11.6 Å². The van der Waals surface area contributed by atoms with Crippen molar-refractivity contribution in [3.8, 4) is 5.75 Å². The number of piperidine rings is 1. The number of amides is 1. The van der Waals surface area contributed by atoms with Crippen LogP contribution in [0.1, 0.15) is 42.7 Å². The minimum Gasteiger partial charge on any atom is -0.488 e. The quantitative estimate of drug-likeness (QED) is 0.861. The third kappa shape index (κ3) is 3.51.